The van der Waals surface area contributed by atoms with Crippen molar-refractivity contribution < 1.29 is 13.2 Å². The third kappa shape index (κ3) is 4.58. The van der Waals surface area contributed by atoms with Gasteiger partial charge in [-0.05, 0) is 37.6 Å². The van der Waals surface area contributed by atoms with Crippen molar-refractivity contribution in [3.8, 4) is 12.3 Å². The number of hydrogen-bond acceptors (Lipinski definition) is 3. The molecule has 0 radical (unpaired) electrons. The van der Waals surface area contributed by atoms with Gasteiger partial charge in [0.15, 0.2) is 0 Å². The summed E-state index contributed by atoms with van der Waals surface area (Å²) in [6.45, 7) is 3.46. The zero-order valence-corrected chi connectivity index (χ0v) is 12.2. The van der Waals surface area contributed by atoms with E-state index in [1.54, 1.807) is 19.9 Å². The number of benzene rings is 1. The number of halogens is 1. The van der Waals surface area contributed by atoms with Gasteiger partial charge in [0, 0.05) is 28.7 Å². The maximum Gasteiger partial charge on any atom is 0.261 e. The summed E-state index contributed by atoms with van der Waals surface area (Å²) in [4.78, 5) is 11.9. The number of hydrogen-bond donors (Lipinski definition) is 1. The fraction of sp³-hybridized carbons (Fsp3) is 0.308. The highest BCUT2D eigenvalue weighted by atomic mass is 35.7. The Kier molecular flexibility index (Phi) is 4.98. The summed E-state index contributed by atoms with van der Waals surface area (Å²) in [6, 6.07) is 4.05. The smallest absolute Gasteiger partial charge is 0.261 e. The van der Waals surface area contributed by atoms with Gasteiger partial charge in [0.25, 0.3) is 15.0 Å². The Morgan fingerprint density at radius 2 is 2.11 bits per heavy atom. The third-order valence-corrected chi connectivity index (χ3v) is 3.73. The van der Waals surface area contributed by atoms with Gasteiger partial charge in [-0.25, -0.2) is 8.42 Å². The highest BCUT2D eigenvalue weighted by molar-refractivity contribution is 8.13. The van der Waals surface area contributed by atoms with Crippen LogP contribution in [0.2, 0.25) is 0 Å². The largest absolute Gasteiger partial charge is 0.349 e. The number of nitrogens with one attached hydrogen (secondary N) is 1. The van der Waals surface area contributed by atoms with Crippen LogP contribution in [-0.2, 0) is 9.05 Å². The average Bonchev–Trinajstić information content (AvgIpc) is 2.27. The summed E-state index contributed by atoms with van der Waals surface area (Å²) in [5.74, 6) is 2.06. The van der Waals surface area contributed by atoms with Crippen molar-refractivity contribution in [3.63, 3.8) is 0 Å². The molecular weight excluding hydrogens is 286 g/mol. The van der Waals surface area contributed by atoms with Crippen molar-refractivity contribution in [2.75, 3.05) is 0 Å². The van der Waals surface area contributed by atoms with Crippen LogP contribution in [-0.4, -0.2) is 20.4 Å². The molecule has 102 valence electrons. The molecule has 0 heterocycles. The minimum atomic E-state index is -3.86. The van der Waals surface area contributed by atoms with Crippen LogP contribution in [0.15, 0.2) is 23.1 Å². The van der Waals surface area contributed by atoms with Gasteiger partial charge in [-0.1, -0.05) is 0 Å². The van der Waals surface area contributed by atoms with E-state index in [1.807, 2.05) is 0 Å². The lowest BCUT2D eigenvalue weighted by molar-refractivity contribution is 0.0940. The van der Waals surface area contributed by atoms with E-state index in [1.165, 1.54) is 12.1 Å². The molecule has 0 saturated heterocycles. The summed E-state index contributed by atoms with van der Waals surface area (Å²) in [5, 5.41) is 2.68. The Hall–Kier alpha value is -1.51. The summed E-state index contributed by atoms with van der Waals surface area (Å²) < 4.78 is 22.6. The van der Waals surface area contributed by atoms with Gasteiger partial charge in [0.2, 0.25) is 0 Å². The van der Waals surface area contributed by atoms with E-state index in [2.05, 4.69) is 11.2 Å². The number of carbonyl (C=O) groups excluding carboxylic acids is 1. The molecule has 0 aliphatic carbocycles. The summed E-state index contributed by atoms with van der Waals surface area (Å²) in [6.07, 6.45) is 5.55. The first-order valence-corrected chi connectivity index (χ1v) is 7.85. The molecule has 6 heteroatoms. The average molecular weight is 300 g/mol. The second-order valence-corrected chi connectivity index (χ2v) is 6.82. The van der Waals surface area contributed by atoms with Gasteiger partial charge < -0.3 is 5.32 Å². The molecule has 1 atom stereocenters. The van der Waals surface area contributed by atoms with Crippen LogP contribution in [0.3, 0.4) is 0 Å². The maximum absolute atomic E-state index is 11.9. The van der Waals surface area contributed by atoms with Crippen molar-refractivity contribution in [3.05, 3.63) is 29.3 Å². The molecule has 1 amide bonds. The van der Waals surface area contributed by atoms with Gasteiger partial charge in [-0.15, -0.1) is 12.3 Å². The van der Waals surface area contributed by atoms with E-state index in [9.17, 15) is 13.2 Å². The van der Waals surface area contributed by atoms with Gasteiger partial charge >= 0.3 is 0 Å². The molecule has 0 fully saturated rings. The monoisotopic (exact) mass is 299 g/mol. The van der Waals surface area contributed by atoms with Gasteiger partial charge in [0.1, 0.15) is 0 Å². The summed E-state index contributed by atoms with van der Waals surface area (Å²) in [5.41, 5.74) is 0.875. The number of carbonyl (C=O) groups is 1. The Balaban J connectivity index is 3.05. The van der Waals surface area contributed by atoms with Crippen LogP contribution in [0.5, 0.6) is 0 Å². The standard InChI is InChI=1S/C13H14ClNO3S/c1-4-5-10(3)15-13(16)11-6-9(2)7-12(8-11)19(14,17)18/h1,6-8,10H,5H2,2-3H3,(H,15,16). The Bertz CT molecular complexity index is 632. The van der Waals surface area contributed by atoms with Crippen LogP contribution in [0.25, 0.3) is 0 Å². The Morgan fingerprint density at radius 1 is 1.47 bits per heavy atom. The molecule has 19 heavy (non-hydrogen) atoms. The lowest BCUT2D eigenvalue weighted by Gasteiger charge is -2.12. The first kappa shape index (κ1) is 15.5. The number of amides is 1. The molecule has 4 nitrogen and oxygen atoms in total. The fourth-order valence-electron chi connectivity index (χ4n) is 1.55. The van der Waals surface area contributed by atoms with E-state index in [-0.39, 0.29) is 22.4 Å². The minimum absolute atomic E-state index is 0.0936. The molecule has 0 aromatic heterocycles. The highest BCUT2D eigenvalue weighted by Crippen LogP contribution is 2.18. The first-order chi connectivity index (χ1) is 8.74. The van der Waals surface area contributed by atoms with E-state index in [0.29, 0.717) is 12.0 Å². The normalized spacial score (nSPS) is 12.5. The van der Waals surface area contributed by atoms with Gasteiger partial charge in [-0.3, -0.25) is 4.79 Å². The number of aryl methyl sites for hydroxylation is 1. The van der Waals surface area contributed by atoms with Crippen LogP contribution in [0, 0.1) is 19.3 Å². The first-order valence-electron chi connectivity index (χ1n) is 5.54. The molecular formula is C13H14ClNO3S. The van der Waals surface area contributed by atoms with Crippen molar-refractivity contribution in [2.24, 2.45) is 0 Å². The fourth-order valence-corrected chi connectivity index (χ4v) is 2.42. The summed E-state index contributed by atoms with van der Waals surface area (Å²) >= 11 is 0. The number of rotatable bonds is 4. The zero-order chi connectivity index (χ0) is 14.6. The molecule has 1 aromatic rings. The lowest BCUT2D eigenvalue weighted by atomic mass is 10.1. The maximum atomic E-state index is 11.9. The molecule has 0 aliphatic rings. The SMILES string of the molecule is C#CCC(C)NC(=O)c1cc(C)cc(S(=O)(=O)Cl)c1. The molecule has 0 spiro atoms. The topological polar surface area (TPSA) is 63.2 Å². The second-order valence-electron chi connectivity index (χ2n) is 4.26. The molecule has 0 saturated carbocycles. The molecule has 1 aromatic carbocycles. The quantitative estimate of drug-likeness (QED) is 0.684. The third-order valence-electron chi connectivity index (χ3n) is 2.40. The molecule has 0 bridgehead atoms. The number of terminal acetylenes is 1. The van der Waals surface area contributed by atoms with Crippen LogP contribution in [0.1, 0.15) is 29.3 Å². The molecule has 1 rings (SSSR count). The molecule has 1 unspecified atom stereocenters. The molecule has 0 aliphatic heterocycles. The van der Waals surface area contributed by atoms with Crippen molar-refractivity contribution in [2.45, 2.75) is 31.2 Å². The van der Waals surface area contributed by atoms with E-state index >= 15 is 0 Å². The zero-order valence-electron chi connectivity index (χ0n) is 10.6. The van der Waals surface area contributed by atoms with Gasteiger partial charge in [-0.2, -0.15) is 0 Å². The van der Waals surface area contributed by atoms with Gasteiger partial charge in [0.05, 0.1) is 4.90 Å². The summed E-state index contributed by atoms with van der Waals surface area (Å²) in [7, 11) is 1.42. The predicted octanol–water partition coefficient (Wildman–Crippen LogP) is 2.06. The van der Waals surface area contributed by atoms with E-state index < -0.39 is 9.05 Å². The Morgan fingerprint density at radius 3 is 2.63 bits per heavy atom. The van der Waals surface area contributed by atoms with Crippen molar-refractivity contribution in [1.29, 1.82) is 0 Å². The predicted molar refractivity (Wildman–Crippen MR) is 74.6 cm³/mol. The molecule has 1 N–H and O–H groups in total. The van der Waals surface area contributed by atoms with E-state index in [4.69, 9.17) is 17.1 Å². The minimum Gasteiger partial charge on any atom is -0.349 e. The van der Waals surface area contributed by atoms with Crippen LogP contribution >= 0.6 is 10.7 Å². The lowest BCUT2D eigenvalue weighted by Crippen LogP contribution is -2.32. The second kappa shape index (κ2) is 6.09. The van der Waals surface area contributed by atoms with Crippen molar-refractivity contribution >= 4 is 25.6 Å². The van der Waals surface area contributed by atoms with Crippen LogP contribution < -0.4 is 5.32 Å². The van der Waals surface area contributed by atoms with Crippen LogP contribution in [0.4, 0.5) is 0 Å². The Labute approximate surface area is 117 Å². The van der Waals surface area contributed by atoms with E-state index in [0.717, 1.165) is 0 Å². The highest BCUT2D eigenvalue weighted by Gasteiger charge is 2.15. The van der Waals surface area contributed by atoms with Crippen molar-refractivity contribution in [1.82, 2.24) is 5.32 Å².